The summed E-state index contributed by atoms with van der Waals surface area (Å²) in [5.41, 5.74) is 2.10. The number of ketones is 1. The highest BCUT2D eigenvalue weighted by Gasteiger charge is 2.33. The molecule has 29 heavy (non-hydrogen) atoms. The minimum absolute atomic E-state index is 0.102. The highest BCUT2D eigenvalue weighted by atomic mass is 79.9. The molecule has 3 aromatic rings. The summed E-state index contributed by atoms with van der Waals surface area (Å²) in [6.45, 7) is 1.88. The molecule has 0 saturated heterocycles. The molecule has 150 valence electrons. The van der Waals surface area contributed by atoms with Gasteiger partial charge in [-0.2, -0.15) is 4.72 Å². The van der Waals surface area contributed by atoms with E-state index < -0.39 is 20.9 Å². The lowest BCUT2D eigenvalue weighted by atomic mass is 9.98. The third-order valence-corrected chi connectivity index (χ3v) is 7.20. The lowest BCUT2D eigenvalue weighted by Gasteiger charge is -2.23. The number of Topliss-reactive ketones (excluding diaryl/α,β-unsaturated/α-hetero) is 1. The first-order valence-electron chi connectivity index (χ1n) is 8.86. The van der Waals surface area contributed by atoms with E-state index in [9.17, 15) is 13.2 Å². The molecular formula is C22H19BrClNO3S. The fourth-order valence-corrected chi connectivity index (χ4v) is 5.01. The fraction of sp³-hybridized carbons (Fsp3) is 0.136. The number of aryl methyl sites for hydroxylation is 1. The second kappa shape index (κ2) is 9.22. The van der Waals surface area contributed by atoms with Crippen molar-refractivity contribution in [3.05, 3.63) is 101 Å². The topological polar surface area (TPSA) is 63.2 Å². The van der Waals surface area contributed by atoms with Gasteiger partial charge in [-0.05, 0) is 48.9 Å². The second-order valence-electron chi connectivity index (χ2n) is 6.60. The van der Waals surface area contributed by atoms with Gasteiger partial charge in [0.1, 0.15) is 6.04 Å². The Balaban J connectivity index is 1.99. The van der Waals surface area contributed by atoms with E-state index in [-0.39, 0.29) is 10.7 Å². The van der Waals surface area contributed by atoms with Crippen molar-refractivity contribution in [1.29, 1.82) is 0 Å². The molecule has 0 radical (unpaired) electrons. The van der Waals surface area contributed by atoms with Crippen LogP contribution in [0, 0.1) is 6.92 Å². The van der Waals surface area contributed by atoms with E-state index in [0.717, 1.165) is 11.1 Å². The summed E-state index contributed by atoms with van der Waals surface area (Å²) in [6, 6.07) is 21.0. The number of carbonyl (C=O) groups excluding carboxylic acids is 1. The first kappa shape index (κ1) is 21.7. The van der Waals surface area contributed by atoms with Gasteiger partial charge in [-0.25, -0.2) is 8.42 Å². The van der Waals surface area contributed by atoms with Gasteiger partial charge in [0.25, 0.3) is 0 Å². The number of nitrogens with one attached hydrogen (secondary N) is 1. The summed E-state index contributed by atoms with van der Waals surface area (Å²) in [4.78, 5) is 12.8. The highest BCUT2D eigenvalue weighted by molar-refractivity contribution is 9.09. The average Bonchev–Trinajstić information content (AvgIpc) is 2.72. The predicted molar refractivity (Wildman–Crippen MR) is 119 cm³/mol. The number of benzene rings is 3. The Morgan fingerprint density at radius 1 is 0.931 bits per heavy atom. The Kier molecular flexibility index (Phi) is 6.90. The molecule has 0 saturated carbocycles. The predicted octanol–water partition coefficient (Wildman–Crippen LogP) is 5.31. The highest BCUT2D eigenvalue weighted by Crippen LogP contribution is 2.30. The smallest absolute Gasteiger partial charge is 0.241 e. The van der Waals surface area contributed by atoms with E-state index in [0.29, 0.717) is 10.6 Å². The minimum Gasteiger partial charge on any atom is -0.292 e. The maximum Gasteiger partial charge on any atom is 0.241 e. The molecule has 0 aromatic heterocycles. The summed E-state index contributed by atoms with van der Waals surface area (Å²) in [6.07, 6.45) is 0. The number of hydrogen-bond donors (Lipinski definition) is 1. The zero-order valence-corrected chi connectivity index (χ0v) is 18.7. The van der Waals surface area contributed by atoms with Crippen LogP contribution in [-0.2, 0) is 10.0 Å². The van der Waals surface area contributed by atoms with Crippen molar-refractivity contribution < 1.29 is 13.2 Å². The van der Waals surface area contributed by atoms with E-state index in [1.807, 2.05) is 37.3 Å². The number of alkyl halides is 1. The molecule has 0 aliphatic rings. The summed E-state index contributed by atoms with van der Waals surface area (Å²) < 4.78 is 28.5. The first-order valence-corrected chi connectivity index (χ1v) is 11.6. The Morgan fingerprint density at radius 3 is 2.10 bits per heavy atom. The van der Waals surface area contributed by atoms with Crippen LogP contribution in [0.1, 0.15) is 26.3 Å². The Morgan fingerprint density at radius 2 is 1.52 bits per heavy atom. The van der Waals surface area contributed by atoms with Crippen molar-refractivity contribution in [2.45, 2.75) is 22.7 Å². The van der Waals surface area contributed by atoms with Gasteiger partial charge in [0, 0.05) is 10.6 Å². The van der Waals surface area contributed by atoms with Crippen LogP contribution in [0.3, 0.4) is 0 Å². The molecule has 0 bridgehead atoms. The van der Waals surface area contributed by atoms with E-state index in [2.05, 4.69) is 20.7 Å². The van der Waals surface area contributed by atoms with Crippen LogP contribution in [0.15, 0.2) is 83.8 Å². The maximum atomic E-state index is 13.2. The summed E-state index contributed by atoms with van der Waals surface area (Å²) in [7, 11) is -3.92. The molecule has 0 heterocycles. The lowest BCUT2D eigenvalue weighted by Crippen LogP contribution is -2.43. The van der Waals surface area contributed by atoms with Crippen LogP contribution in [0.4, 0.5) is 0 Å². The third-order valence-electron chi connectivity index (χ3n) is 4.44. The monoisotopic (exact) mass is 491 g/mol. The fourth-order valence-electron chi connectivity index (χ4n) is 2.82. The largest absolute Gasteiger partial charge is 0.292 e. The first-order chi connectivity index (χ1) is 13.8. The molecule has 1 N–H and O–H groups in total. The summed E-state index contributed by atoms with van der Waals surface area (Å²) >= 11 is 9.45. The Bertz CT molecular complexity index is 1090. The van der Waals surface area contributed by atoms with Gasteiger partial charge in [0.05, 0.1) is 9.72 Å². The number of hydrogen-bond acceptors (Lipinski definition) is 3. The van der Waals surface area contributed by atoms with Crippen LogP contribution in [-0.4, -0.2) is 20.2 Å². The molecule has 2 atom stereocenters. The normalized spacial score (nSPS) is 13.6. The number of carbonyl (C=O) groups is 1. The van der Waals surface area contributed by atoms with Crippen molar-refractivity contribution in [3.8, 4) is 0 Å². The summed E-state index contributed by atoms with van der Waals surface area (Å²) in [5.74, 6) is -0.358. The zero-order chi connectivity index (χ0) is 21.0. The van der Waals surface area contributed by atoms with Crippen molar-refractivity contribution in [3.63, 3.8) is 0 Å². The Hall–Kier alpha value is -1.99. The SMILES string of the molecule is Cc1ccc(S(=O)(=O)NC(C(=O)c2ccc(Cl)cc2)C(Br)c2ccccc2)cc1. The van der Waals surface area contributed by atoms with E-state index in [1.165, 1.54) is 12.1 Å². The standard InChI is InChI=1S/C22H19BrClNO3S/c1-15-7-13-19(14-8-15)29(27,28)25-21(20(23)16-5-3-2-4-6-16)22(26)17-9-11-18(24)12-10-17/h2-14,20-21,25H,1H3. The van der Waals surface area contributed by atoms with Gasteiger partial charge >= 0.3 is 0 Å². The van der Waals surface area contributed by atoms with Gasteiger partial charge in [-0.15, -0.1) is 0 Å². The molecule has 3 aromatic carbocycles. The van der Waals surface area contributed by atoms with Crippen LogP contribution >= 0.6 is 27.5 Å². The third kappa shape index (κ3) is 5.34. The molecule has 2 unspecified atom stereocenters. The molecule has 3 rings (SSSR count). The van der Waals surface area contributed by atoms with Crippen LogP contribution in [0.5, 0.6) is 0 Å². The van der Waals surface area contributed by atoms with Crippen molar-refractivity contribution in [1.82, 2.24) is 4.72 Å². The van der Waals surface area contributed by atoms with Gasteiger partial charge in [-0.1, -0.05) is 75.6 Å². The molecule has 4 nitrogen and oxygen atoms in total. The minimum atomic E-state index is -3.92. The molecule has 0 aliphatic carbocycles. The second-order valence-corrected chi connectivity index (χ2v) is 9.73. The van der Waals surface area contributed by atoms with Gasteiger partial charge in [-0.3, -0.25) is 4.79 Å². The van der Waals surface area contributed by atoms with Crippen LogP contribution in [0.2, 0.25) is 5.02 Å². The van der Waals surface area contributed by atoms with Gasteiger partial charge in [0.2, 0.25) is 10.0 Å². The lowest BCUT2D eigenvalue weighted by molar-refractivity contribution is 0.0952. The van der Waals surface area contributed by atoms with Crippen LogP contribution in [0.25, 0.3) is 0 Å². The molecular weight excluding hydrogens is 474 g/mol. The van der Waals surface area contributed by atoms with Crippen LogP contribution < -0.4 is 4.72 Å². The van der Waals surface area contributed by atoms with Gasteiger partial charge < -0.3 is 0 Å². The zero-order valence-electron chi connectivity index (χ0n) is 15.5. The average molecular weight is 493 g/mol. The van der Waals surface area contributed by atoms with Crippen molar-refractivity contribution in [2.75, 3.05) is 0 Å². The number of halogens is 2. The quantitative estimate of drug-likeness (QED) is 0.359. The number of sulfonamides is 1. The van der Waals surface area contributed by atoms with E-state index >= 15 is 0 Å². The van der Waals surface area contributed by atoms with E-state index in [4.69, 9.17) is 11.6 Å². The maximum absolute atomic E-state index is 13.2. The molecule has 7 heteroatoms. The molecule has 0 fully saturated rings. The van der Waals surface area contributed by atoms with Crippen molar-refractivity contribution in [2.24, 2.45) is 0 Å². The molecule has 0 spiro atoms. The molecule has 0 aliphatic heterocycles. The van der Waals surface area contributed by atoms with Gasteiger partial charge in [0.15, 0.2) is 5.78 Å². The molecule has 0 amide bonds. The number of rotatable bonds is 7. The van der Waals surface area contributed by atoms with Crippen molar-refractivity contribution >= 4 is 43.3 Å². The van der Waals surface area contributed by atoms with E-state index in [1.54, 1.807) is 36.4 Å². The Labute approximate surface area is 184 Å². The summed E-state index contributed by atoms with van der Waals surface area (Å²) in [5, 5.41) is 0.497.